The number of carbonyl (C=O) groups is 2. The van der Waals surface area contributed by atoms with Gasteiger partial charge in [0.2, 0.25) is 0 Å². The number of rotatable bonds is 3. The maximum Gasteiger partial charge on any atom is 0.337 e. The predicted octanol–water partition coefficient (Wildman–Crippen LogP) is 4.58. The van der Waals surface area contributed by atoms with Crippen LogP contribution in [0.2, 0.25) is 0 Å². The Kier molecular flexibility index (Phi) is 4.82. The molecule has 3 heterocycles. The fourth-order valence-electron chi connectivity index (χ4n) is 4.12. The highest BCUT2D eigenvalue weighted by Gasteiger charge is 2.25. The van der Waals surface area contributed by atoms with Crippen LogP contribution in [0.4, 0.5) is 0 Å². The van der Waals surface area contributed by atoms with Gasteiger partial charge in [-0.05, 0) is 37.3 Å². The van der Waals surface area contributed by atoms with Gasteiger partial charge in [0, 0.05) is 58.2 Å². The Morgan fingerprint density at radius 1 is 1.16 bits per heavy atom. The van der Waals surface area contributed by atoms with Crippen molar-refractivity contribution in [3.05, 3.63) is 75.2 Å². The van der Waals surface area contributed by atoms with Crippen LogP contribution in [-0.4, -0.2) is 40.4 Å². The van der Waals surface area contributed by atoms with Gasteiger partial charge in [0.15, 0.2) is 0 Å². The minimum atomic E-state index is -0.366. The second-order valence-electron chi connectivity index (χ2n) is 7.64. The third-order valence-electron chi connectivity index (χ3n) is 5.71. The lowest BCUT2D eigenvalue weighted by Crippen LogP contribution is -2.35. The molecule has 2 aromatic heterocycles. The molecule has 0 aliphatic carbocycles. The van der Waals surface area contributed by atoms with Crippen molar-refractivity contribution >= 4 is 34.1 Å². The van der Waals surface area contributed by atoms with Gasteiger partial charge in [-0.3, -0.25) is 4.79 Å². The average molecular weight is 432 g/mol. The Labute approximate surface area is 183 Å². The van der Waals surface area contributed by atoms with Crippen LogP contribution in [0.25, 0.3) is 22.2 Å². The van der Waals surface area contributed by atoms with Gasteiger partial charge in [-0.1, -0.05) is 12.1 Å². The first-order valence-electron chi connectivity index (χ1n) is 10.1. The number of thiazole rings is 1. The van der Waals surface area contributed by atoms with Gasteiger partial charge >= 0.3 is 5.97 Å². The van der Waals surface area contributed by atoms with Gasteiger partial charge in [0.1, 0.15) is 0 Å². The number of nitrogens with one attached hydrogen (secondary N) is 1. The first-order valence-corrected chi connectivity index (χ1v) is 10.9. The van der Waals surface area contributed by atoms with E-state index in [1.165, 1.54) is 7.11 Å². The van der Waals surface area contributed by atoms with E-state index in [2.05, 4.69) is 9.97 Å². The zero-order valence-electron chi connectivity index (χ0n) is 17.3. The molecule has 0 spiro atoms. The van der Waals surface area contributed by atoms with Gasteiger partial charge in [-0.15, -0.1) is 11.3 Å². The van der Waals surface area contributed by atoms with Crippen molar-refractivity contribution in [1.82, 2.24) is 14.9 Å². The van der Waals surface area contributed by atoms with E-state index in [1.54, 1.807) is 17.4 Å². The third kappa shape index (κ3) is 3.51. The second kappa shape index (κ2) is 7.67. The molecule has 0 saturated heterocycles. The summed E-state index contributed by atoms with van der Waals surface area (Å²) in [5.41, 5.74) is 6.15. The van der Waals surface area contributed by atoms with Gasteiger partial charge in [0.05, 0.1) is 23.4 Å². The lowest BCUT2D eigenvalue weighted by Gasteiger charge is -2.27. The average Bonchev–Trinajstić information content (AvgIpc) is 3.40. The number of hydrogen-bond acceptors (Lipinski definition) is 5. The van der Waals surface area contributed by atoms with Crippen LogP contribution in [0.15, 0.2) is 47.8 Å². The number of fused-ring (bicyclic) bond motifs is 3. The Balaban J connectivity index is 1.45. The quantitative estimate of drug-likeness (QED) is 0.482. The topological polar surface area (TPSA) is 75.3 Å². The zero-order chi connectivity index (χ0) is 21.5. The van der Waals surface area contributed by atoms with E-state index >= 15 is 0 Å². The molecule has 1 aliphatic rings. The maximum absolute atomic E-state index is 13.3. The molecule has 2 aromatic carbocycles. The molecule has 156 valence electrons. The van der Waals surface area contributed by atoms with E-state index in [4.69, 9.17) is 4.74 Å². The number of hydrogen-bond donors (Lipinski definition) is 1. The highest BCUT2D eigenvalue weighted by molar-refractivity contribution is 7.09. The molecule has 1 N–H and O–H groups in total. The number of benzene rings is 2. The molecule has 0 fully saturated rings. The zero-order valence-corrected chi connectivity index (χ0v) is 18.1. The van der Waals surface area contributed by atoms with Crippen molar-refractivity contribution in [2.45, 2.75) is 19.9 Å². The molecule has 7 heteroatoms. The van der Waals surface area contributed by atoms with E-state index in [0.717, 1.165) is 44.8 Å². The first kappa shape index (κ1) is 19.5. The number of esters is 1. The first-order chi connectivity index (χ1) is 15.0. The summed E-state index contributed by atoms with van der Waals surface area (Å²) in [4.78, 5) is 35.1. The van der Waals surface area contributed by atoms with Gasteiger partial charge in [-0.2, -0.15) is 0 Å². The minimum Gasteiger partial charge on any atom is -0.465 e. The summed E-state index contributed by atoms with van der Waals surface area (Å²) >= 11 is 1.60. The highest BCUT2D eigenvalue weighted by atomic mass is 32.1. The van der Waals surface area contributed by atoms with Crippen LogP contribution >= 0.6 is 11.3 Å². The van der Waals surface area contributed by atoms with Crippen LogP contribution < -0.4 is 0 Å². The Morgan fingerprint density at radius 2 is 2.03 bits per heavy atom. The van der Waals surface area contributed by atoms with Crippen molar-refractivity contribution in [2.75, 3.05) is 13.7 Å². The number of methoxy groups -OCH3 is 1. The minimum absolute atomic E-state index is 0.00192. The van der Waals surface area contributed by atoms with E-state index in [9.17, 15) is 9.59 Å². The summed E-state index contributed by atoms with van der Waals surface area (Å²) in [6.07, 6.45) is 0.744. The number of aryl methyl sites for hydroxylation is 1. The van der Waals surface area contributed by atoms with Crippen molar-refractivity contribution in [3.63, 3.8) is 0 Å². The molecule has 1 aliphatic heterocycles. The molecular weight excluding hydrogens is 410 g/mol. The number of aromatic amines is 1. The van der Waals surface area contributed by atoms with E-state index in [-0.39, 0.29) is 11.9 Å². The largest absolute Gasteiger partial charge is 0.465 e. The van der Waals surface area contributed by atoms with Crippen molar-refractivity contribution in [1.29, 1.82) is 0 Å². The summed E-state index contributed by atoms with van der Waals surface area (Å²) in [6.45, 7) is 3.11. The smallest absolute Gasteiger partial charge is 0.337 e. The van der Waals surface area contributed by atoms with Gasteiger partial charge in [0.25, 0.3) is 5.91 Å². The summed E-state index contributed by atoms with van der Waals surface area (Å²) in [7, 11) is 1.38. The molecular formula is C24H21N3O3S. The summed E-state index contributed by atoms with van der Waals surface area (Å²) in [5.74, 6) is -0.368. The van der Waals surface area contributed by atoms with E-state index in [0.29, 0.717) is 24.2 Å². The Bertz CT molecular complexity index is 1320. The predicted molar refractivity (Wildman–Crippen MR) is 120 cm³/mol. The molecule has 6 nitrogen and oxygen atoms in total. The SMILES string of the molecule is COC(=O)c1ccc2[nH]c3c(c2c1)CN(C(=O)c1cccc(-c2csc(C)n2)c1)CC3. The summed E-state index contributed by atoms with van der Waals surface area (Å²) in [5, 5.41) is 3.97. The highest BCUT2D eigenvalue weighted by Crippen LogP contribution is 2.30. The molecule has 5 rings (SSSR count). The maximum atomic E-state index is 13.3. The van der Waals surface area contributed by atoms with Crippen LogP contribution in [-0.2, 0) is 17.7 Å². The molecule has 0 saturated carbocycles. The van der Waals surface area contributed by atoms with Crippen molar-refractivity contribution < 1.29 is 14.3 Å². The molecule has 4 aromatic rings. The lowest BCUT2D eigenvalue weighted by molar-refractivity contribution is 0.0600. The molecule has 0 bridgehead atoms. The van der Waals surface area contributed by atoms with Crippen LogP contribution in [0.5, 0.6) is 0 Å². The third-order valence-corrected chi connectivity index (χ3v) is 6.48. The Hall–Kier alpha value is -3.45. The molecule has 1 amide bonds. The van der Waals surface area contributed by atoms with Gasteiger partial charge in [-0.25, -0.2) is 9.78 Å². The fourth-order valence-corrected chi connectivity index (χ4v) is 4.74. The number of H-pyrrole nitrogens is 1. The van der Waals surface area contributed by atoms with E-state index in [1.807, 2.05) is 53.6 Å². The summed E-state index contributed by atoms with van der Waals surface area (Å²) < 4.78 is 4.85. The molecule has 0 atom stereocenters. The molecule has 31 heavy (non-hydrogen) atoms. The van der Waals surface area contributed by atoms with Gasteiger partial charge < -0.3 is 14.6 Å². The fraction of sp³-hybridized carbons (Fsp3) is 0.208. The number of carbonyl (C=O) groups excluding carboxylic acids is 2. The standard InChI is InChI=1S/C24H21N3O3S/c1-14-25-22(13-31-14)15-4-3-5-16(10-15)23(28)27-9-8-21-19(12-27)18-11-17(24(29)30-2)6-7-20(18)26-21/h3-7,10-11,13,26H,8-9,12H2,1-2H3. The second-order valence-corrected chi connectivity index (χ2v) is 8.71. The number of nitrogens with zero attached hydrogens (tertiary/aromatic N) is 2. The van der Waals surface area contributed by atoms with E-state index < -0.39 is 0 Å². The number of ether oxygens (including phenoxy) is 1. The monoisotopic (exact) mass is 431 g/mol. The summed E-state index contributed by atoms with van der Waals surface area (Å²) in [6, 6.07) is 13.1. The molecule has 0 radical (unpaired) electrons. The number of amides is 1. The number of aromatic nitrogens is 2. The van der Waals surface area contributed by atoms with Crippen molar-refractivity contribution in [3.8, 4) is 11.3 Å². The van der Waals surface area contributed by atoms with Crippen LogP contribution in [0.3, 0.4) is 0 Å². The van der Waals surface area contributed by atoms with Crippen LogP contribution in [0.1, 0.15) is 37.0 Å². The normalized spacial score (nSPS) is 13.3. The Morgan fingerprint density at radius 3 is 2.81 bits per heavy atom. The lowest BCUT2D eigenvalue weighted by atomic mass is 10.0. The van der Waals surface area contributed by atoms with Crippen molar-refractivity contribution in [2.24, 2.45) is 0 Å². The molecule has 0 unspecified atom stereocenters. The van der Waals surface area contributed by atoms with Crippen LogP contribution in [0, 0.1) is 6.92 Å².